The number of nitrogens with one attached hydrogen (secondary N) is 2. The van der Waals surface area contributed by atoms with Gasteiger partial charge in [0.1, 0.15) is 5.75 Å². The van der Waals surface area contributed by atoms with Crippen LogP contribution in [0.3, 0.4) is 0 Å². The van der Waals surface area contributed by atoms with E-state index in [0.717, 1.165) is 50.9 Å². The van der Waals surface area contributed by atoms with Gasteiger partial charge in [-0.05, 0) is 58.2 Å². The Kier molecular flexibility index (Phi) is 7.56. The fraction of sp³-hybridized carbons (Fsp3) is 0.650. The van der Waals surface area contributed by atoms with Crippen LogP contribution in [0.4, 0.5) is 0 Å². The van der Waals surface area contributed by atoms with Crippen molar-refractivity contribution in [1.29, 1.82) is 0 Å². The Balaban J connectivity index is 2.21. The number of rotatable bonds is 7. The van der Waals surface area contributed by atoms with Gasteiger partial charge in [0.2, 0.25) is 0 Å². The van der Waals surface area contributed by atoms with Crippen molar-refractivity contribution in [3.63, 3.8) is 0 Å². The lowest BCUT2D eigenvalue weighted by molar-refractivity contribution is 0.0531. The molecule has 0 bridgehead atoms. The van der Waals surface area contributed by atoms with Crippen molar-refractivity contribution in [2.75, 3.05) is 32.9 Å². The normalized spacial score (nSPS) is 17.4. The Labute approximate surface area is 152 Å². The SMILES string of the molecule is CCNC(=NCC1(c2ccc(OCC)cc2)CCOCC1)NC(C)C. The van der Waals surface area contributed by atoms with Gasteiger partial charge in [-0.2, -0.15) is 0 Å². The van der Waals surface area contributed by atoms with Crippen LogP contribution >= 0.6 is 0 Å². The molecule has 0 radical (unpaired) electrons. The third-order valence-electron chi connectivity index (χ3n) is 4.54. The number of hydrogen-bond donors (Lipinski definition) is 2. The van der Waals surface area contributed by atoms with E-state index in [-0.39, 0.29) is 5.41 Å². The van der Waals surface area contributed by atoms with Gasteiger partial charge in [0.15, 0.2) is 5.96 Å². The van der Waals surface area contributed by atoms with Gasteiger partial charge >= 0.3 is 0 Å². The highest BCUT2D eigenvalue weighted by atomic mass is 16.5. The van der Waals surface area contributed by atoms with Gasteiger partial charge in [0.25, 0.3) is 0 Å². The summed E-state index contributed by atoms with van der Waals surface area (Å²) in [6.07, 6.45) is 1.98. The largest absolute Gasteiger partial charge is 0.494 e. The number of hydrogen-bond acceptors (Lipinski definition) is 3. The summed E-state index contributed by atoms with van der Waals surface area (Å²) in [6.45, 7) is 12.2. The summed E-state index contributed by atoms with van der Waals surface area (Å²) in [5.41, 5.74) is 1.35. The first kappa shape index (κ1) is 19.6. The minimum absolute atomic E-state index is 0.0301. The van der Waals surface area contributed by atoms with Crippen LogP contribution in [0.1, 0.15) is 46.1 Å². The van der Waals surface area contributed by atoms with Crippen LogP contribution in [0.5, 0.6) is 5.75 Å². The molecule has 0 spiro atoms. The molecule has 0 unspecified atom stereocenters. The average Bonchev–Trinajstić information content (AvgIpc) is 2.61. The third kappa shape index (κ3) is 5.63. The number of guanidine groups is 1. The van der Waals surface area contributed by atoms with E-state index in [9.17, 15) is 0 Å². The maximum Gasteiger partial charge on any atom is 0.191 e. The lowest BCUT2D eigenvalue weighted by Crippen LogP contribution is -2.43. The van der Waals surface area contributed by atoms with Gasteiger partial charge in [0, 0.05) is 31.2 Å². The first-order valence-electron chi connectivity index (χ1n) is 9.45. The molecule has 140 valence electrons. The fourth-order valence-corrected chi connectivity index (χ4v) is 3.20. The van der Waals surface area contributed by atoms with Gasteiger partial charge in [-0.25, -0.2) is 0 Å². The highest BCUT2D eigenvalue weighted by Gasteiger charge is 2.34. The number of aliphatic imine (C=N–C) groups is 1. The minimum Gasteiger partial charge on any atom is -0.494 e. The Morgan fingerprint density at radius 1 is 1.20 bits per heavy atom. The molecule has 0 saturated carbocycles. The smallest absolute Gasteiger partial charge is 0.191 e. The maximum atomic E-state index is 5.62. The minimum atomic E-state index is 0.0301. The molecule has 5 nitrogen and oxygen atoms in total. The zero-order valence-electron chi connectivity index (χ0n) is 16.1. The van der Waals surface area contributed by atoms with E-state index >= 15 is 0 Å². The molecular weight excluding hydrogens is 314 g/mol. The van der Waals surface area contributed by atoms with Crippen LogP contribution in [0.15, 0.2) is 29.3 Å². The number of ether oxygens (including phenoxy) is 2. The monoisotopic (exact) mass is 347 g/mol. The molecule has 0 amide bonds. The molecule has 0 aromatic heterocycles. The first-order valence-corrected chi connectivity index (χ1v) is 9.45. The Morgan fingerprint density at radius 3 is 2.44 bits per heavy atom. The molecule has 1 saturated heterocycles. The predicted octanol–water partition coefficient (Wildman–Crippen LogP) is 3.10. The Bertz CT molecular complexity index is 534. The van der Waals surface area contributed by atoms with Crippen molar-refractivity contribution in [2.45, 2.75) is 52.0 Å². The third-order valence-corrected chi connectivity index (χ3v) is 4.54. The Morgan fingerprint density at radius 2 is 1.88 bits per heavy atom. The average molecular weight is 348 g/mol. The molecule has 1 aromatic carbocycles. The second kappa shape index (κ2) is 9.66. The van der Waals surface area contributed by atoms with Crippen LogP contribution in [0.2, 0.25) is 0 Å². The van der Waals surface area contributed by atoms with Crippen molar-refractivity contribution >= 4 is 5.96 Å². The molecule has 1 heterocycles. The fourth-order valence-electron chi connectivity index (χ4n) is 3.20. The molecule has 1 aromatic rings. The van der Waals surface area contributed by atoms with Crippen LogP contribution < -0.4 is 15.4 Å². The number of nitrogens with zero attached hydrogens (tertiary/aromatic N) is 1. The molecule has 1 fully saturated rings. The van der Waals surface area contributed by atoms with Gasteiger partial charge in [-0.1, -0.05) is 12.1 Å². The van der Waals surface area contributed by atoms with Crippen molar-refractivity contribution in [3.8, 4) is 5.75 Å². The summed E-state index contributed by atoms with van der Waals surface area (Å²) >= 11 is 0. The predicted molar refractivity (Wildman–Crippen MR) is 104 cm³/mol. The van der Waals surface area contributed by atoms with E-state index in [1.165, 1.54) is 5.56 Å². The molecule has 0 aliphatic carbocycles. The lowest BCUT2D eigenvalue weighted by atomic mass is 9.74. The standard InChI is InChI=1S/C20H33N3O2/c1-5-21-19(23-16(3)4)22-15-20(11-13-24-14-12-20)17-7-9-18(10-8-17)25-6-2/h7-10,16H,5-6,11-15H2,1-4H3,(H2,21,22,23). The summed E-state index contributed by atoms with van der Waals surface area (Å²) in [4.78, 5) is 4.89. The van der Waals surface area contributed by atoms with Crippen molar-refractivity contribution in [2.24, 2.45) is 4.99 Å². The van der Waals surface area contributed by atoms with E-state index in [2.05, 4.69) is 55.7 Å². The van der Waals surface area contributed by atoms with E-state index in [1.54, 1.807) is 0 Å². The quantitative estimate of drug-likeness (QED) is 0.588. The van der Waals surface area contributed by atoms with Gasteiger partial charge in [0.05, 0.1) is 13.2 Å². The Hall–Kier alpha value is -1.75. The second-order valence-electron chi connectivity index (χ2n) is 6.84. The molecule has 25 heavy (non-hydrogen) atoms. The summed E-state index contributed by atoms with van der Waals surface area (Å²) in [6, 6.07) is 8.87. The molecular formula is C20H33N3O2. The highest BCUT2D eigenvalue weighted by molar-refractivity contribution is 5.80. The zero-order valence-corrected chi connectivity index (χ0v) is 16.1. The zero-order chi connectivity index (χ0) is 18.1. The first-order chi connectivity index (χ1) is 12.1. The maximum absolute atomic E-state index is 5.62. The molecule has 1 aliphatic rings. The van der Waals surface area contributed by atoms with E-state index in [1.807, 2.05) is 6.92 Å². The summed E-state index contributed by atoms with van der Waals surface area (Å²) in [5, 5.41) is 6.74. The van der Waals surface area contributed by atoms with E-state index < -0.39 is 0 Å². The lowest BCUT2D eigenvalue weighted by Gasteiger charge is -2.37. The van der Waals surface area contributed by atoms with Crippen LogP contribution in [0, 0.1) is 0 Å². The molecule has 5 heteroatoms. The summed E-state index contributed by atoms with van der Waals surface area (Å²) in [7, 11) is 0. The van der Waals surface area contributed by atoms with E-state index in [0.29, 0.717) is 12.6 Å². The van der Waals surface area contributed by atoms with Crippen LogP contribution in [0.25, 0.3) is 0 Å². The second-order valence-corrected chi connectivity index (χ2v) is 6.84. The molecule has 0 atom stereocenters. The van der Waals surface area contributed by atoms with Gasteiger partial charge in [-0.3, -0.25) is 4.99 Å². The van der Waals surface area contributed by atoms with E-state index in [4.69, 9.17) is 14.5 Å². The van der Waals surface area contributed by atoms with Crippen molar-refractivity contribution in [3.05, 3.63) is 29.8 Å². The van der Waals surface area contributed by atoms with Crippen molar-refractivity contribution < 1.29 is 9.47 Å². The highest BCUT2D eigenvalue weighted by Crippen LogP contribution is 2.36. The topological polar surface area (TPSA) is 54.9 Å². The molecule has 2 rings (SSSR count). The van der Waals surface area contributed by atoms with Crippen LogP contribution in [-0.2, 0) is 10.2 Å². The summed E-state index contributed by atoms with van der Waals surface area (Å²) in [5.74, 6) is 1.81. The van der Waals surface area contributed by atoms with Gasteiger partial charge < -0.3 is 20.1 Å². The summed E-state index contributed by atoms with van der Waals surface area (Å²) < 4.78 is 11.2. The van der Waals surface area contributed by atoms with Crippen molar-refractivity contribution in [1.82, 2.24) is 10.6 Å². The molecule has 2 N–H and O–H groups in total. The van der Waals surface area contributed by atoms with Crippen LogP contribution in [-0.4, -0.2) is 44.9 Å². The number of benzene rings is 1. The van der Waals surface area contributed by atoms with Gasteiger partial charge in [-0.15, -0.1) is 0 Å². The molecule has 1 aliphatic heterocycles.